The number of ether oxygens (including phenoxy) is 1. The first kappa shape index (κ1) is 16.4. The molecule has 0 saturated carbocycles. The lowest BCUT2D eigenvalue weighted by molar-refractivity contribution is 0.0690. The minimum Gasteiger partial charge on any atom is -0.477 e. The van der Waals surface area contributed by atoms with E-state index in [0.29, 0.717) is 38.1 Å². The van der Waals surface area contributed by atoms with E-state index in [1.807, 2.05) is 4.90 Å². The van der Waals surface area contributed by atoms with Crippen molar-refractivity contribution in [2.24, 2.45) is 0 Å². The molecule has 122 valence electrons. The molecule has 1 aromatic rings. The lowest BCUT2D eigenvalue weighted by Gasteiger charge is -2.28. The molecule has 0 amide bonds. The number of morpholine rings is 1. The minimum atomic E-state index is -1.15. The van der Waals surface area contributed by atoms with Crippen molar-refractivity contribution in [2.75, 3.05) is 62.4 Å². The zero-order chi connectivity index (χ0) is 15.9. The van der Waals surface area contributed by atoms with Gasteiger partial charge in [-0.05, 0) is 0 Å². The number of aliphatic hydroxyl groups is 2. The number of anilines is 2. The van der Waals surface area contributed by atoms with Gasteiger partial charge in [0.25, 0.3) is 0 Å². The number of hydrogen-bond donors (Lipinski definition) is 3. The van der Waals surface area contributed by atoms with Crippen LogP contribution < -0.4 is 9.80 Å². The first-order chi connectivity index (χ1) is 10.7. The fourth-order valence-corrected chi connectivity index (χ4v) is 2.18. The van der Waals surface area contributed by atoms with Crippen LogP contribution in [-0.4, -0.2) is 83.9 Å². The third kappa shape index (κ3) is 4.03. The number of carboxylic acids is 1. The first-order valence-corrected chi connectivity index (χ1v) is 7.07. The molecule has 0 bridgehead atoms. The van der Waals surface area contributed by atoms with Crippen molar-refractivity contribution >= 4 is 17.7 Å². The van der Waals surface area contributed by atoms with Gasteiger partial charge in [-0.1, -0.05) is 0 Å². The Kier molecular flexibility index (Phi) is 5.87. The lowest BCUT2D eigenvalue weighted by atomic mass is 10.3. The molecule has 2 rings (SSSR count). The number of aromatic carboxylic acids is 1. The van der Waals surface area contributed by atoms with Crippen molar-refractivity contribution in [2.45, 2.75) is 0 Å². The molecule has 0 aliphatic carbocycles. The Hall–Kier alpha value is -1.97. The van der Waals surface area contributed by atoms with E-state index in [0.717, 1.165) is 0 Å². The predicted octanol–water partition coefficient (Wildman–Crippen LogP) is -1.20. The Bertz CT molecular complexity index is 501. The van der Waals surface area contributed by atoms with Crippen LogP contribution in [-0.2, 0) is 4.74 Å². The molecule has 0 aromatic carbocycles. The summed E-state index contributed by atoms with van der Waals surface area (Å²) >= 11 is 0. The molecule has 2 heterocycles. The molecule has 1 aromatic heterocycles. The van der Waals surface area contributed by atoms with Crippen LogP contribution in [0.15, 0.2) is 6.07 Å². The zero-order valence-corrected chi connectivity index (χ0v) is 12.2. The van der Waals surface area contributed by atoms with Gasteiger partial charge < -0.3 is 29.9 Å². The van der Waals surface area contributed by atoms with Crippen LogP contribution in [0.3, 0.4) is 0 Å². The van der Waals surface area contributed by atoms with E-state index in [-0.39, 0.29) is 32.0 Å². The van der Waals surface area contributed by atoms with E-state index in [2.05, 4.69) is 9.97 Å². The Labute approximate surface area is 127 Å². The van der Waals surface area contributed by atoms with E-state index in [4.69, 9.17) is 14.9 Å². The number of carboxylic acid groups (broad SMARTS) is 1. The monoisotopic (exact) mass is 312 g/mol. The second-order valence-corrected chi connectivity index (χ2v) is 4.75. The van der Waals surface area contributed by atoms with Crippen LogP contribution in [0.25, 0.3) is 0 Å². The molecule has 1 aliphatic heterocycles. The Morgan fingerprint density at radius 3 is 2.41 bits per heavy atom. The second kappa shape index (κ2) is 7.87. The maximum atomic E-state index is 11.3. The normalized spacial score (nSPS) is 14.9. The summed E-state index contributed by atoms with van der Waals surface area (Å²) < 4.78 is 5.26. The van der Waals surface area contributed by atoms with Crippen LogP contribution in [0.4, 0.5) is 11.8 Å². The third-order valence-corrected chi connectivity index (χ3v) is 3.28. The molecule has 9 nitrogen and oxygen atoms in total. The molecular formula is C13H20N4O5. The Morgan fingerprint density at radius 1 is 1.23 bits per heavy atom. The van der Waals surface area contributed by atoms with Gasteiger partial charge in [0.1, 0.15) is 5.82 Å². The van der Waals surface area contributed by atoms with Crippen LogP contribution in [0.2, 0.25) is 0 Å². The molecule has 0 unspecified atom stereocenters. The lowest BCUT2D eigenvalue weighted by Crippen LogP contribution is -2.38. The zero-order valence-electron chi connectivity index (χ0n) is 12.2. The first-order valence-electron chi connectivity index (χ1n) is 7.07. The van der Waals surface area contributed by atoms with E-state index in [9.17, 15) is 9.90 Å². The van der Waals surface area contributed by atoms with Crippen molar-refractivity contribution in [3.8, 4) is 0 Å². The fraction of sp³-hybridized carbons (Fsp3) is 0.615. The SMILES string of the molecule is O=C(O)c1cc(N(CCO)CCO)nc(N2CCOCC2)n1. The van der Waals surface area contributed by atoms with Gasteiger partial charge in [0, 0.05) is 32.2 Å². The number of aliphatic hydroxyl groups excluding tert-OH is 2. The number of nitrogens with zero attached hydrogens (tertiary/aromatic N) is 4. The van der Waals surface area contributed by atoms with Crippen LogP contribution >= 0.6 is 0 Å². The van der Waals surface area contributed by atoms with Gasteiger partial charge in [0.05, 0.1) is 26.4 Å². The molecule has 3 N–H and O–H groups in total. The molecular weight excluding hydrogens is 292 g/mol. The van der Waals surface area contributed by atoms with Gasteiger partial charge >= 0.3 is 5.97 Å². The smallest absolute Gasteiger partial charge is 0.354 e. The maximum Gasteiger partial charge on any atom is 0.354 e. The molecule has 0 atom stereocenters. The van der Waals surface area contributed by atoms with Gasteiger partial charge in [-0.3, -0.25) is 0 Å². The highest BCUT2D eigenvalue weighted by atomic mass is 16.5. The molecule has 1 aliphatic rings. The van der Waals surface area contributed by atoms with Gasteiger partial charge in [-0.2, -0.15) is 4.98 Å². The van der Waals surface area contributed by atoms with E-state index >= 15 is 0 Å². The van der Waals surface area contributed by atoms with E-state index in [1.165, 1.54) is 6.07 Å². The summed E-state index contributed by atoms with van der Waals surface area (Å²) in [6.45, 7) is 2.49. The average Bonchev–Trinajstić information content (AvgIpc) is 2.55. The number of aromatic nitrogens is 2. The summed E-state index contributed by atoms with van der Waals surface area (Å²) in [6.07, 6.45) is 0. The highest BCUT2D eigenvalue weighted by Gasteiger charge is 2.20. The molecule has 0 radical (unpaired) electrons. The van der Waals surface area contributed by atoms with Crippen LogP contribution in [0.1, 0.15) is 10.5 Å². The molecule has 9 heteroatoms. The number of carbonyl (C=O) groups is 1. The second-order valence-electron chi connectivity index (χ2n) is 4.75. The average molecular weight is 312 g/mol. The molecule has 0 spiro atoms. The highest BCUT2D eigenvalue weighted by molar-refractivity contribution is 5.86. The minimum absolute atomic E-state index is 0.118. The van der Waals surface area contributed by atoms with Gasteiger partial charge in [-0.15, -0.1) is 0 Å². The summed E-state index contributed by atoms with van der Waals surface area (Å²) in [6, 6.07) is 1.34. The molecule has 1 fully saturated rings. The maximum absolute atomic E-state index is 11.3. The van der Waals surface area contributed by atoms with Crippen molar-refractivity contribution in [1.29, 1.82) is 0 Å². The topological polar surface area (TPSA) is 119 Å². The standard InChI is InChI=1S/C13H20N4O5/c18-5-1-16(2-6-19)11-9-10(12(20)21)14-13(15-11)17-3-7-22-8-4-17/h9,18-19H,1-8H2,(H,20,21). The third-order valence-electron chi connectivity index (χ3n) is 3.28. The molecule has 22 heavy (non-hydrogen) atoms. The molecule has 1 saturated heterocycles. The van der Waals surface area contributed by atoms with Gasteiger partial charge in [0.15, 0.2) is 5.69 Å². The quantitative estimate of drug-likeness (QED) is 0.570. The number of hydrogen-bond acceptors (Lipinski definition) is 8. The highest BCUT2D eigenvalue weighted by Crippen LogP contribution is 2.18. The summed E-state index contributed by atoms with van der Waals surface area (Å²) in [7, 11) is 0. The predicted molar refractivity (Wildman–Crippen MR) is 78.4 cm³/mol. The summed E-state index contributed by atoms with van der Waals surface area (Å²) in [4.78, 5) is 23.2. The Morgan fingerprint density at radius 2 is 1.86 bits per heavy atom. The van der Waals surface area contributed by atoms with Crippen LogP contribution in [0, 0.1) is 0 Å². The largest absolute Gasteiger partial charge is 0.477 e. The van der Waals surface area contributed by atoms with Crippen molar-refractivity contribution < 1.29 is 24.9 Å². The van der Waals surface area contributed by atoms with Gasteiger partial charge in [0.2, 0.25) is 5.95 Å². The van der Waals surface area contributed by atoms with E-state index in [1.54, 1.807) is 4.90 Å². The fourth-order valence-electron chi connectivity index (χ4n) is 2.18. The Balaban J connectivity index is 2.34. The summed E-state index contributed by atoms with van der Waals surface area (Å²) in [5.41, 5.74) is -0.118. The van der Waals surface area contributed by atoms with E-state index < -0.39 is 5.97 Å². The van der Waals surface area contributed by atoms with Crippen LogP contribution in [0.5, 0.6) is 0 Å². The van der Waals surface area contributed by atoms with Gasteiger partial charge in [-0.25, -0.2) is 9.78 Å². The van der Waals surface area contributed by atoms with Crippen molar-refractivity contribution in [3.63, 3.8) is 0 Å². The summed E-state index contributed by atoms with van der Waals surface area (Å²) in [5.74, 6) is -0.456. The van der Waals surface area contributed by atoms with Crippen molar-refractivity contribution in [3.05, 3.63) is 11.8 Å². The summed E-state index contributed by atoms with van der Waals surface area (Å²) in [5, 5.41) is 27.4. The number of rotatable bonds is 7. The van der Waals surface area contributed by atoms with Crippen molar-refractivity contribution in [1.82, 2.24) is 9.97 Å².